The molecule has 1 unspecified atom stereocenters. The Bertz CT molecular complexity index is 1370. The Hall–Kier alpha value is -4.23. The zero-order valence-electron chi connectivity index (χ0n) is 19.4. The number of rotatable bonds is 8. The molecule has 0 spiro atoms. The fraction of sp³-hybridized carbons (Fsp3) is 0.0690. The van der Waals surface area contributed by atoms with Crippen LogP contribution in [0.1, 0.15) is 38.5 Å². The maximum atomic E-state index is 13.9. The summed E-state index contributed by atoms with van der Waals surface area (Å²) in [6, 6.07) is 29.0. The number of Topliss-reactive ketones (excluding diaryl/α,β-unsaturated/α-hetero) is 1. The van der Waals surface area contributed by atoms with Gasteiger partial charge in [0, 0.05) is 21.8 Å². The van der Waals surface area contributed by atoms with Crippen LogP contribution in [0.5, 0.6) is 0 Å². The molecule has 4 rings (SSSR count). The van der Waals surface area contributed by atoms with Crippen molar-refractivity contribution in [3.8, 4) is 0 Å². The first-order chi connectivity index (χ1) is 17.4. The molecule has 0 aromatic heterocycles. The molecule has 0 aliphatic heterocycles. The minimum Gasteiger partial charge on any atom is -0.325 e. The van der Waals surface area contributed by atoms with Gasteiger partial charge in [0.05, 0.1) is 5.56 Å². The average Bonchev–Trinajstić information content (AvgIpc) is 2.89. The summed E-state index contributed by atoms with van der Waals surface area (Å²) in [5.41, 5.74) is 2.48. The maximum Gasteiger partial charge on any atom is 0.258 e. The third-order valence-electron chi connectivity index (χ3n) is 5.38. The van der Waals surface area contributed by atoms with E-state index in [-0.39, 0.29) is 17.3 Å². The number of hydrogen-bond donors (Lipinski definition) is 2. The molecule has 2 amide bonds. The van der Waals surface area contributed by atoms with Gasteiger partial charge in [-0.1, -0.05) is 42.5 Å². The van der Waals surface area contributed by atoms with Crippen LogP contribution in [0.4, 0.5) is 15.8 Å². The lowest BCUT2D eigenvalue weighted by atomic mass is 10.1. The zero-order chi connectivity index (χ0) is 25.5. The van der Waals surface area contributed by atoms with Crippen LogP contribution >= 0.6 is 11.8 Å². The number of nitrogens with one attached hydrogen (secondary N) is 2. The standard InChI is InChI=1S/C29H23FN2O3S/c1-19(33)20-11-13-22(14-12-20)32-29(35)27(21-7-3-2-4-8-21)36-24-17-15-23(16-18-24)31-28(34)25-9-5-6-10-26(25)30/h2-18,27H,1H3,(H,31,34)(H,32,35). The fourth-order valence-corrected chi connectivity index (χ4v) is 4.52. The minimum absolute atomic E-state index is 0.0342. The smallest absolute Gasteiger partial charge is 0.258 e. The molecule has 0 aliphatic rings. The maximum absolute atomic E-state index is 13.9. The molecule has 0 saturated heterocycles. The molecular formula is C29H23FN2O3S. The van der Waals surface area contributed by atoms with Crippen LogP contribution in [-0.4, -0.2) is 17.6 Å². The highest BCUT2D eigenvalue weighted by Crippen LogP contribution is 2.36. The molecule has 36 heavy (non-hydrogen) atoms. The Morgan fingerprint density at radius 2 is 1.31 bits per heavy atom. The summed E-state index contributed by atoms with van der Waals surface area (Å²) < 4.78 is 13.9. The van der Waals surface area contributed by atoms with Crippen LogP contribution < -0.4 is 10.6 Å². The van der Waals surface area contributed by atoms with Gasteiger partial charge in [-0.05, 0) is 73.2 Å². The third-order valence-corrected chi connectivity index (χ3v) is 6.65. The predicted octanol–water partition coefficient (Wildman–Crippen LogP) is 6.75. The monoisotopic (exact) mass is 498 g/mol. The SMILES string of the molecule is CC(=O)c1ccc(NC(=O)C(Sc2ccc(NC(=O)c3ccccc3F)cc2)c2ccccc2)cc1. The first-order valence-electron chi connectivity index (χ1n) is 11.2. The van der Waals surface area contributed by atoms with Crippen LogP contribution in [0.25, 0.3) is 0 Å². The largest absolute Gasteiger partial charge is 0.325 e. The summed E-state index contributed by atoms with van der Waals surface area (Å²) >= 11 is 1.36. The van der Waals surface area contributed by atoms with Crippen LogP contribution in [-0.2, 0) is 4.79 Å². The van der Waals surface area contributed by atoms with Gasteiger partial charge in [-0.15, -0.1) is 11.8 Å². The lowest BCUT2D eigenvalue weighted by Gasteiger charge is -2.17. The molecule has 0 bridgehead atoms. The second kappa shape index (κ2) is 11.5. The Morgan fingerprint density at radius 3 is 1.94 bits per heavy atom. The van der Waals surface area contributed by atoms with Gasteiger partial charge in [0.25, 0.3) is 5.91 Å². The van der Waals surface area contributed by atoms with Gasteiger partial charge < -0.3 is 10.6 Å². The molecule has 7 heteroatoms. The fourth-order valence-electron chi connectivity index (χ4n) is 3.49. The number of amides is 2. The highest BCUT2D eigenvalue weighted by molar-refractivity contribution is 8.00. The molecule has 5 nitrogen and oxygen atoms in total. The molecule has 4 aromatic carbocycles. The van der Waals surface area contributed by atoms with Crippen LogP contribution in [0, 0.1) is 5.82 Å². The molecule has 1 atom stereocenters. The highest BCUT2D eigenvalue weighted by atomic mass is 32.2. The minimum atomic E-state index is -0.588. The first-order valence-corrected chi connectivity index (χ1v) is 12.1. The molecule has 0 aliphatic carbocycles. The van der Waals surface area contributed by atoms with E-state index in [0.29, 0.717) is 16.9 Å². The second-order valence-corrected chi connectivity index (χ2v) is 9.17. The van der Waals surface area contributed by atoms with E-state index < -0.39 is 17.0 Å². The number of ketones is 1. The predicted molar refractivity (Wildman–Crippen MR) is 141 cm³/mol. The summed E-state index contributed by atoms with van der Waals surface area (Å²) in [7, 11) is 0. The molecule has 0 saturated carbocycles. The average molecular weight is 499 g/mol. The number of anilines is 2. The van der Waals surface area contributed by atoms with Gasteiger partial charge in [-0.3, -0.25) is 14.4 Å². The molecule has 0 fully saturated rings. The summed E-state index contributed by atoms with van der Waals surface area (Å²) in [5, 5.41) is 5.07. The van der Waals surface area contributed by atoms with Crippen molar-refractivity contribution >= 4 is 40.7 Å². The molecule has 180 valence electrons. The molecular weight excluding hydrogens is 475 g/mol. The lowest BCUT2D eigenvalue weighted by Crippen LogP contribution is -2.19. The van der Waals surface area contributed by atoms with Crippen molar-refractivity contribution in [2.75, 3.05) is 10.6 Å². The van der Waals surface area contributed by atoms with Gasteiger partial charge in [0.15, 0.2) is 5.78 Å². The van der Waals surface area contributed by atoms with Gasteiger partial charge in [0.1, 0.15) is 11.1 Å². The molecule has 0 heterocycles. The first kappa shape index (κ1) is 24.9. The van der Waals surface area contributed by atoms with Gasteiger partial charge in [-0.25, -0.2) is 4.39 Å². The van der Waals surface area contributed by atoms with Crippen molar-refractivity contribution in [3.05, 3.63) is 126 Å². The highest BCUT2D eigenvalue weighted by Gasteiger charge is 2.22. The van der Waals surface area contributed by atoms with Gasteiger partial charge in [0.2, 0.25) is 5.91 Å². The number of thioether (sulfide) groups is 1. The Labute approximate surface area is 212 Å². The van der Waals surface area contributed by atoms with E-state index in [1.807, 2.05) is 30.3 Å². The summed E-state index contributed by atoms with van der Waals surface area (Å²) in [5.74, 6) is -1.38. The van der Waals surface area contributed by atoms with Crippen molar-refractivity contribution in [2.45, 2.75) is 17.1 Å². The van der Waals surface area contributed by atoms with Crippen molar-refractivity contribution in [1.29, 1.82) is 0 Å². The normalized spacial score (nSPS) is 11.4. The molecule has 4 aromatic rings. The van der Waals surface area contributed by atoms with Crippen LogP contribution in [0.2, 0.25) is 0 Å². The Kier molecular flexibility index (Phi) is 7.92. The summed E-state index contributed by atoms with van der Waals surface area (Å²) in [6.07, 6.45) is 0. The number of benzene rings is 4. The summed E-state index contributed by atoms with van der Waals surface area (Å²) in [4.78, 5) is 38.0. The van der Waals surface area contributed by atoms with Gasteiger partial charge in [-0.2, -0.15) is 0 Å². The number of carbonyl (C=O) groups is 3. The lowest BCUT2D eigenvalue weighted by molar-refractivity contribution is -0.115. The van der Waals surface area contributed by atoms with E-state index in [1.165, 1.54) is 36.9 Å². The van der Waals surface area contributed by atoms with Crippen molar-refractivity contribution in [2.24, 2.45) is 0 Å². The quantitative estimate of drug-likeness (QED) is 0.208. The molecule has 2 N–H and O–H groups in total. The van der Waals surface area contributed by atoms with E-state index in [2.05, 4.69) is 10.6 Å². The summed E-state index contributed by atoms with van der Waals surface area (Å²) in [6.45, 7) is 1.49. The zero-order valence-corrected chi connectivity index (χ0v) is 20.2. The van der Waals surface area contributed by atoms with E-state index in [0.717, 1.165) is 10.5 Å². The Balaban J connectivity index is 1.48. The van der Waals surface area contributed by atoms with E-state index in [4.69, 9.17) is 0 Å². The van der Waals surface area contributed by atoms with Crippen molar-refractivity contribution < 1.29 is 18.8 Å². The van der Waals surface area contributed by atoms with Gasteiger partial charge >= 0.3 is 0 Å². The van der Waals surface area contributed by atoms with E-state index in [9.17, 15) is 18.8 Å². The number of carbonyl (C=O) groups excluding carboxylic acids is 3. The van der Waals surface area contributed by atoms with Crippen molar-refractivity contribution in [1.82, 2.24) is 0 Å². The topological polar surface area (TPSA) is 75.3 Å². The third kappa shape index (κ3) is 6.25. The molecule has 0 radical (unpaired) electrons. The van der Waals surface area contributed by atoms with Crippen molar-refractivity contribution in [3.63, 3.8) is 0 Å². The number of hydrogen-bond acceptors (Lipinski definition) is 4. The van der Waals surface area contributed by atoms with Crippen LogP contribution in [0.15, 0.2) is 108 Å². The van der Waals surface area contributed by atoms with E-state index >= 15 is 0 Å². The second-order valence-electron chi connectivity index (χ2n) is 7.99. The van der Waals surface area contributed by atoms with E-state index in [1.54, 1.807) is 54.6 Å². The number of halogens is 1. The van der Waals surface area contributed by atoms with Crippen LogP contribution in [0.3, 0.4) is 0 Å². The Morgan fingerprint density at radius 1 is 0.722 bits per heavy atom.